The number of nitrogens with one attached hydrogen (secondary N) is 2. The van der Waals surface area contributed by atoms with E-state index in [9.17, 15) is 4.79 Å². The van der Waals surface area contributed by atoms with Crippen molar-refractivity contribution in [1.82, 2.24) is 14.9 Å². The molecular formula is C29H33N5O. The maximum Gasteiger partial charge on any atom is 0.229 e. The number of ketones is 1. The number of aromatic nitrogens is 2. The van der Waals surface area contributed by atoms with Gasteiger partial charge >= 0.3 is 0 Å². The van der Waals surface area contributed by atoms with E-state index in [1.54, 1.807) is 6.20 Å². The third kappa shape index (κ3) is 6.14. The quantitative estimate of drug-likeness (QED) is 0.356. The molecule has 3 aromatic rings. The van der Waals surface area contributed by atoms with Gasteiger partial charge < -0.3 is 15.5 Å². The van der Waals surface area contributed by atoms with E-state index < -0.39 is 0 Å². The number of rotatable bonds is 9. The van der Waals surface area contributed by atoms with Gasteiger partial charge in [0.05, 0.1) is 0 Å². The molecule has 2 N–H and O–H groups in total. The molecule has 6 nitrogen and oxygen atoms in total. The summed E-state index contributed by atoms with van der Waals surface area (Å²) >= 11 is 0. The van der Waals surface area contributed by atoms with Gasteiger partial charge in [0.1, 0.15) is 5.82 Å². The average Bonchev–Trinajstić information content (AvgIpc) is 3.24. The Morgan fingerprint density at radius 3 is 2.74 bits per heavy atom. The van der Waals surface area contributed by atoms with Crippen LogP contribution in [-0.4, -0.2) is 40.3 Å². The summed E-state index contributed by atoms with van der Waals surface area (Å²) in [5, 5.41) is 6.62. The molecule has 1 saturated heterocycles. The molecule has 0 atom stereocenters. The smallest absolute Gasteiger partial charge is 0.229 e. The molecular weight excluding hydrogens is 434 g/mol. The van der Waals surface area contributed by atoms with Gasteiger partial charge in [-0.15, -0.1) is 0 Å². The fraction of sp³-hybridized carbons (Fsp3) is 0.345. The molecule has 1 aliphatic carbocycles. The second kappa shape index (κ2) is 10.8. The number of allylic oxidation sites excluding steroid dienone is 1. The second-order valence-corrected chi connectivity index (χ2v) is 9.61. The normalized spacial score (nSPS) is 15.4. The first-order chi connectivity index (χ1) is 17.1. The first-order valence-electron chi connectivity index (χ1n) is 12.7. The molecule has 180 valence electrons. The van der Waals surface area contributed by atoms with Gasteiger partial charge in [0.2, 0.25) is 5.95 Å². The van der Waals surface area contributed by atoms with Crippen molar-refractivity contribution >= 4 is 35.0 Å². The van der Waals surface area contributed by atoms with E-state index in [2.05, 4.69) is 56.7 Å². The predicted octanol–water partition coefficient (Wildman–Crippen LogP) is 6.37. The van der Waals surface area contributed by atoms with Gasteiger partial charge in [0.15, 0.2) is 5.78 Å². The van der Waals surface area contributed by atoms with Crippen LogP contribution in [0.4, 0.5) is 23.1 Å². The van der Waals surface area contributed by atoms with Crippen LogP contribution in [0.25, 0.3) is 6.08 Å². The number of likely N-dealkylation sites (tertiary alicyclic amines) is 1. The molecule has 0 unspecified atom stereocenters. The highest BCUT2D eigenvalue weighted by Gasteiger charge is 2.13. The van der Waals surface area contributed by atoms with Gasteiger partial charge in [0.25, 0.3) is 0 Å². The van der Waals surface area contributed by atoms with Crippen molar-refractivity contribution in [2.24, 2.45) is 0 Å². The minimum absolute atomic E-state index is 0.183. The summed E-state index contributed by atoms with van der Waals surface area (Å²) in [6, 6.07) is 15.9. The molecule has 35 heavy (non-hydrogen) atoms. The number of anilines is 4. The lowest BCUT2D eigenvalue weighted by Gasteiger charge is -2.26. The number of hydrogen-bond donors (Lipinski definition) is 2. The Balaban J connectivity index is 1.19. The lowest BCUT2D eigenvalue weighted by atomic mass is 10.0. The maximum absolute atomic E-state index is 12.8. The number of benzene rings is 2. The van der Waals surface area contributed by atoms with Crippen LogP contribution in [0.1, 0.15) is 60.5 Å². The van der Waals surface area contributed by atoms with E-state index in [-0.39, 0.29) is 5.78 Å². The zero-order chi connectivity index (χ0) is 24.0. The molecule has 1 aliphatic heterocycles. The third-order valence-electron chi connectivity index (χ3n) is 6.71. The maximum atomic E-state index is 12.8. The lowest BCUT2D eigenvalue weighted by molar-refractivity contribution is 0.0973. The molecule has 2 heterocycles. The lowest BCUT2D eigenvalue weighted by Crippen LogP contribution is -2.30. The van der Waals surface area contributed by atoms with Crippen molar-refractivity contribution in [1.29, 1.82) is 0 Å². The van der Waals surface area contributed by atoms with Crippen LogP contribution < -0.4 is 10.6 Å². The largest absolute Gasteiger partial charge is 0.340 e. The van der Waals surface area contributed by atoms with E-state index in [0.717, 1.165) is 36.3 Å². The third-order valence-corrected chi connectivity index (χ3v) is 6.71. The van der Waals surface area contributed by atoms with Gasteiger partial charge in [-0.1, -0.05) is 36.3 Å². The Hall–Kier alpha value is -3.51. The Bertz CT molecular complexity index is 1230. The van der Waals surface area contributed by atoms with Crippen molar-refractivity contribution in [2.45, 2.75) is 45.4 Å². The number of nitrogens with zero attached hydrogens (tertiary/aromatic N) is 3. The van der Waals surface area contributed by atoms with E-state index in [1.165, 1.54) is 49.1 Å². The van der Waals surface area contributed by atoms with E-state index >= 15 is 0 Å². The Labute approximate surface area is 207 Å². The van der Waals surface area contributed by atoms with Crippen molar-refractivity contribution in [2.75, 3.05) is 30.3 Å². The standard InChI is InChI=1S/C29H33N5O/c1-21-17-22-10-11-26(20-24(22)18-21)31-28-12-13-30-29(33-28)32-25-8-5-7-23(19-25)27(35)9-6-16-34-14-3-2-4-15-34/h5,7-8,10-13,18-20H,2-4,6,9,14-17H2,1H3,(H2,30,31,32,33). The van der Waals surface area contributed by atoms with Gasteiger partial charge in [-0.25, -0.2) is 4.98 Å². The minimum atomic E-state index is 0.183. The fourth-order valence-corrected chi connectivity index (χ4v) is 4.91. The molecule has 0 spiro atoms. The average molecular weight is 468 g/mol. The van der Waals surface area contributed by atoms with Crippen LogP contribution >= 0.6 is 0 Å². The number of piperidine rings is 1. The Morgan fingerprint density at radius 2 is 1.86 bits per heavy atom. The SMILES string of the molecule is CC1=Cc2cc(Nc3ccnc(Nc4cccc(C(=O)CCCN5CCCCC5)c4)n3)ccc2C1. The highest BCUT2D eigenvalue weighted by atomic mass is 16.1. The van der Waals surface area contributed by atoms with E-state index in [0.29, 0.717) is 18.2 Å². The summed E-state index contributed by atoms with van der Waals surface area (Å²) in [4.78, 5) is 24.2. The van der Waals surface area contributed by atoms with Crippen molar-refractivity contribution < 1.29 is 4.79 Å². The topological polar surface area (TPSA) is 70.2 Å². The highest BCUT2D eigenvalue weighted by molar-refractivity contribution is 5.97. The van der Waals surface area contributed by atoms with Crippen molar-refractivity contribution in [3.05, 3.63) is 77.0 Å². The van der Waals surface area contributed by atoms with Crippen molar-refractivity contribution in [3.63, 3.8) is 0 Å². The molecule has 1 aromatic heterocycles. The Morgan fingerprint density at radius 1 is 1.00 bits per heavy atom. The predicted molar refractivity (Wildman–Crippen MR) is 143 cm³/mol. The van der Waals surface area contributed by atoms with Gasteiger partial charge in [-0.05, 0) is 93.7 Å². The molecule has 0 amide bonds. The van der Waals surface area contributed by atoms with Gasteiger partial charge in [-0.3, -0.25) is 4.79 Å². The summed E-state index contributed by atoms with van der Waals surface area (Å²) < 4.78 is 0. The van der Waals surface area contributed by atoms with Crippen LogP contribution in [0.2, 0.25) is 0 Å². The van der Waals surface area contributed by atoms with Gasteiger partial charge in [0, 0.05) is 29.6 Å². The zero-order valence-electron chi connectivity index (χ0n) is 20.4. The molecule has 1 fully saturated rings. The summed E-state index contributed by atoms with van der Waals surface area (Å²) in [5.41, 5.74) is 6.54. The van der Waals surface area contributed by atoms with Crippen LogP contribution in [0, 0.1) is 0 Å². The molecule has 0 saturated carbocycles. The summed E-state index contributed by atoms with van der Waals surface area (Å²) in [6.45, 7) is 5.51. The highest BCUT2D eigenvalue weighted by Crippen LogP contribution is 2.28. The summed E-state index contributed by atoms with van der Waals surface area (Å²) in [7, 11) is 0. The number of carbonyl (C=O) groups excluding carboxylic acids is 1. The van der Waals surface area contributed by atoms with E-state index in [1.807, 2.05) is 30.3 Å². The van der Waals surface area contributed by atoms with Crippen LogP contribution in [-0.2, 0) is 6.42 Å². The number of hydrogen-bond acceptors (Lipinski definition) is 6. The molecule has 2 aliphatic rings. The van der Waals surface area contributed by atoms with Crippen LogP contribution in [0.15, 0.2) is 60.3 Å². The first-order valence-corrected chi connectivity index (χ1v) is 12.7. The number of carbonyl (C=O) groups is 1. The molecule has 2 aromatic carbocycles. The number of Topliss-reactive ketones (excluding diaryl/α,β-unsaturated/α-hetero) is 1. The Kier molecular flexibility index (Phi) is 7.19. The summed E-state index contributed by atoms with van der Waals surface area (Å²) in [6.07, 6.45) is 10.4. The van der Waals surface area contributed by atoms with E-state index in [4.69, 9.17) is 0 Å². The molecule has 0 radical (unpaired) electrons. The van der Waals surface area contributed by atoms with Crippen LogP contribution in [0.3, 0.4) is 0 Å². The minimum Gasteiger partial charge on any atom is -0.340 e. The monoisotopic (exact) mass is 467 g/mol. The summed E-state index contributed by atoms with van der Waals surface area (Å²) in [5.74, 6) is 1.38. The first kappa shape index (κ1) is 23.2. The number of fused-ring (bicyclic) bond motifs is 1. The van der Waals surface area contributed by atoms with Crippen LogP contribution in [0.5, 0.6) is 0 Å². The van der Waals surface area contributed by atoms with Gasteiger partial charge in [-0.2, -0.15) is 4.98 Å². The molecule has 5 rings (SSSR count). The molecule has 6 heteroatoms. The molecule has 0 bridgehead atoms. The van der Waals surface area contributed by atoms with Crippen molar-refractivity contribution in [3.8, 4) is 0 Å². The fourth-order valence-electron chi connectivity index (χ4n) is 4.91. The zero-order valence-corrected chi connectivity index (χ0v) is 20.4. The second-order valence-electron chi connectivity index (χ2n) is 9.61.